The molecule has 0 spiro atoms. The molecule has 0 saturated heterocycles. The number of carboxylic acid groups (broad SMARTS) is 1. The van der Waals surface area contributed by atoms with Gasteiger partial charge in [-0.25, -0.2) is 0 Å². The van der Waals surface area contributed by atoms with Crippen LogP contribution in [0, 0.1) is 0 Å². The summed E-state index contributed by atoms with van der Waals surface area (Å²) in [5.74, 6) is -0.667. The molecule has 1 aliphatic rings. The van der Waals surface area contributed by atoms with E-state index < -0.39 is 5.97 Å². The SMILES string of the molecule is O=C(O)CCCNCCC(=O)NC1CCCCC1. The van der Waals surface area contributed by atoms with Gasteiger partial charge < -0.3 is 15.7 Å². The fourth-order valence-corrected chi connectivity index (χ4v) is 2.24. The zero-order valence-electron chi connectivity index (χ0n) is 10.9. The molecule has 0 radical (unpaired) electrons. The summed E-state index contributed by atoms with van der Waals surface area (Å²) in [4.78, 5) is 21.9. The summed E-state index contributed by atoms with van der Waals surface area (Å²) < 4.78 is 0. The van der Waals surface area contributed by atoms with Gasteiger partial charge in [0.1, 0.15) is 0 Å². The average Bonchev–Trinajstić information content (AvgIpc) is 2.34. The first kappa shape index (κ1) is 15.0. The van der Waals surface area contributed by atoms with Crippen LogP contribution in [0.4, 0.5) is 0 Å². The summed E-state index contributed by atoms with van der Waals surface area (Å²) in [6, 6.07) is 0.373. The molecule has 0 aromatic rings. The lowest BCUT2D eigenvalue weighted by atomic mass is 9.95. The highest BCUT2D eigenvalue weighted by Crippen LogP contribution is 2.17. The van der Waals surface area contributed by atoms with Gasteiger partial charge in [0.25, 0.3) is 0 Å². The van der Waals surface area contributed by atoms with Crippen molar-refractivity contribution in [2.24, 2.45) is 0 Å². The molecule has 0 aliphatic heterocycles. The van der Waals surface area contributed by atoms with Gasteiger partial charge in [0.05, 0.1) is 0 Å². The van der Waals surface area contributed by atoms with Crippen molar-refractivity contribution in [3.05, 3.63) is 0 Å². The molecule has 1 saturated carbocycles. The lowest BCUT2D eigenvalue weighted by molar-refractivity contribution is -0.137. The van der Waals surface area contributed by atoms with E-state index in [1.54, 1.807) is 0 Å². The molecule has 5 heteroatoms. The molecule has 1 fully saturated rings. The van der Waals surface area contributed by atoms with Gasteiger partial charge in [-0.2, -0.15) is 0 Å². The molecule has 0 bridgehead atoms. The zero-order chi connectivity index (χ0) is 13.2. The van der Waals surface area contributed by atoms with Gasteiger partial charge in [-0.05, 0) is 25.8 Å². The van der Waals surface area contributed by atoms with E-state index in [4.69, 9.17) is 5.11 Å². The Morgan fingerprint density at radius 2 is 1.78 bits per heavy atom. The van der Waals surface area contributed by atoms with Crippen molar-refractivity contribution in [3.8, 4) is 0 Å². The van der Waals surface area contributed by atoms with Crippen LogP contribution in [0.15, 0.2) is 0 Å². The van der Waals surface area contributed by atoms with Gasteiger partial charge in [-0.15, -0.1) is 0 Å². The maximum atomic E-state index is 11.6. The summed E-state index contributed by atoms with van der Waals surface area (Å²) in [5.41, 5.74) is 0. The summed E-state index contributed by atoms with van der Waals surface area (Å²) >= 11 is 0. The number of hydrogen-bond donors (Lipinski definition) is 3. The van der Waals surface area contributed by atoms with E-state index in [0.29, 0.717) is 32.0 Å². The van der Waals surface area contributed by atoms with Crippen LogP contribution in [0.5, 0.6) is 0 Å². The third-order valence-corrected chi connectivity index (χ3v) is 3.24. The molecule has 0 atom stereocenters. The van der Waals surface area contributed by atoms with E-state index >= 15 is 0 Å². The quantitative estimate of drug-likeness (QED) is 0.572. The first-order valence-electron chi connectivity index (χ1n) is 6.90. The minimum Gasteiger partial charge on any atom is -0.481 e. The van der Waals surface area contributed by atoms with Crippen molar-refractivity contribution >= 4 is 11.9 Å². The standard InChI is InChI=1S/C13H24N2O3/c16-12(15-11-5-2-1-3-6-11)8-10-14-9-4-7-13(17)18/h11,14H,1-10H2,(H,15,16)(H,17,18). The first-order valence-corrected chi connectivity index (χ1v) is 6.90. The predicted molar refractivity (Wildman–Crippen MR) is 69.4 cm³/mol. The Kier molecular flexibility index (Phi) is 7.41. The molecular weight excluding hydrogens is 232 g/mol. The average molecular weight is 256 g/mol. The third kappa shape index (κ3) is 7.27. The molecule has 104 valence electrons. The highest BCUT2D eigenvalue weighted by atomic mass is 16.4. The smallest absolute Gasteiger partial charge is 0.303 e. The number of carbonyl (C=O) groups is 2. The number of hydrogen-bond acceptors (Lipinski definition) is 3. The summed E-state index contributed by atoms with van der Waals surface area (Å²) in [6.07, 6.45) is 7.22. The minimum atomic E-state index is -0.771. The van der Waals surface area contributed by atoms with Gasteiger partial charge in [-0.1, -0.05) is 19.3 Å². The first-order chi connectivity index (χ1) is 8.68. The highest BCUT2D eigenvalue weighted by Gasteiger charge is 2.14. The van der Waals surface area contributed by atoms with Crippen molar-refractivity contribution < 1.29 is 14.7 Å². The van der Waals surface area contributed by atoms with Gasteiger partial charge in [0.2, 0.25) is 5.91 Å². The molecular formula is C13H24N2O3. The monoisotopic (exact) mass is 256 g/mol. The van der Waals surface area contributed by atoms with Gasteiger partial charge in [0, 0.05) is 25.4 Å². The summed E-state index contributed by atoms with van der Waals surface area (Å²) in [7, 11) is 0. The Morgan fingerprint density at radius 3 is 2.44 bits per heavy atom. The van der Waals surface area contributed by atoms with Crippen molar-refractivity contribution in [3.63, 3.8) is 0 Å². The van der Waals surface area contributed by atoms with Crippen LogP contribution in [0.2, 0.25) is 0 Å². The second kappa shape index (κ2) is 8.91. The van der Waals surface area contributed by atoms with E-state index in [0.717, 1.165) is 12.8 Å². The molecule has 5 nitrogen and oxygen atoms in total. The predicted octanol–water partition coefficient (Wildman–Crippen LogP) is 1.28. The molecule has 1 rings (SSSR count). The number of carboxylic acids is 1. The molecule has 1 aliphatic carbocycles. The Morgan fingerprint density at radius 1 is 1.06 bits per heavy atom. The maximum Gasteiger partial charge on any atom is 0.303 e. The topological polar surface area (TPSA) is 78.4 Å². The number of amides is 1. The summed E-state index contributed by atoms with van der Waals surface area (Å²) in [6.45, 7) is 1.28. The Balaban J connectivity index is 1.94. The van der Waals surface area contributed by atoms with Crippen LogP contribution in [-0.2, 0) is 9.59 Å². The van der Waals surface area contributed by atoms with E-state index in [-0.39, 0.29) is 12.3 Å². The van der Waals surface area contributed by atoms with Crippen molar-refractivity contribution in [1.82, 2.24) is 10.6 Å². The number of rotatable bonds is 8. The second-order valence-corrected chi connectivity index (χ2v) is 4.90. The second-order valence-electron chi connectivity index (χ2n) is 4.90. The molecule has 3 N–H and O–H groups in total. The summed E-state index contributed by atoms with van der Waals surface area (Å²) in [5, 5.41) is 14.6. The van der Waals surface area contributed by atoms with Gasteiger partial charge >= 0.3 is 5.97 Å². The highest BCUT2D eigenvalue weighted by molar-refractivity contribution is 5.76. The number of carbonyl (C=O) groups excluding carboxylic acids is 1. The lowest BCUT2D eigenvalue weighted by Gasteiger charge is -2.22. The van der Waals surface area contributed by atoms with E-state index in [9.17, 15) is 9.59 Å². The molecule has 0 aromatic heterocycles. The Bertz CT molecular complexity index is 263. The van der Waals surface area contributed by atoms with E-state index in [1.807, 2.05) is 0 Å². The van der Waals surface area contributed by atoms with E-state index in [1.165, 1.54) is 19.3 Å². The lowest BCUT2D eigenvalue weighted by Crippen LogP contribution is -2.37. The zero-order valence-corrected chi connectivity index (χ0v) is 10.9. The number of nitrogens with one attached hydrogen (secondary N) is 2. The van der Waals surface area contributed by atoms with Crippen LogP contribution in [0.25, 0.3) is 0 Å². The maximum absolute atomic E-state index is 11.6. The Labute approximate surface area is 108 Å². The Hall–Kier alpha value is -1.10. The molecule has 0 unspecified atom stereocenters. The van der Waals surface area contributed by atoms with E-state index in [2.05, 4.69) is 10.6 Å². The molecule has 0 aromatic carbocycles. The molecule has 18 heavy (non-hydrogen) atoms. The van der Waals surface area contributed by atoms with Crippen molar-refractivity contribution in [2.45, 2.75) is 57.4 Å². The largest absolute Gasteiger partial charge is 0.481 e. The van der Waals surface area contributed by atoms with Gasteiger partial charge in [-0.3, -0.25) is 9.59 Å². The van der Waals surface area contributed by atoms with Crippen LogP contribution in [0.3, 0.4) is 0 Å². The van der Waals surface area contributed by atoms with Crippen LogP contribution < -0.4 is 10.6 Å². The van der Waals surface area contributed by atoms with Crippen molar-refractivity contribution in [2.75, 3.05) is 13.1 Å². The van der Waals surface area contributed by atoms with Crippen LogP contribution in [-0.4, -0.2) is 36.1 Å². The van der Waals surface area contributed by atoms with Crippen LogP contribution >= 0.6 is 0 Å². The van der Waals surface area contributed by atoms with Crippen LogP contribution in [0.1, 0.15) is 51.4 Å². The third-order valence-electron chi connectivity index (χ3n) is 3.24. The fraction of sp³-hybridized carbons (Fsp3) is 0.846. The fourth-order valence-electron chi connectivity index (χ4n) is 2.24. The number of aliphatic carboxylic acids is 1. The van der Waals surface area contributed by atoms with Gasteiger partial charge in [0.15, 0.2) is 0 Å². The van der Waals surface area contributed by atoms with Crippen molar-refractivity contribution in [1.29, 1.82) is 0 Å². The minimum absolute atomic E-state index is 0.104. The normalized spacial score (nSPS) is 16.4. The molecule has 0 heterocycles. The molecule has 1 amide bonds.